The van der Waals surface area contributed by atoms with E-state index in [1.807, 2.05) is 53.1 Å². The number of nitrogens with one attached hydrogen (secondary N) is 1. The first-order valence-corrected chi connectivity index (χ1v) is 8.77. The number of pyridine rings is 1. The van der Waals surface area contributed by atoms with Gasteiger partial charge in [0.2, 0.25) is 0 Å². The Hall–Kier alpha value is -3.32. The second-order valence-electron chi connectivity index (χ2n) is 6.62. The first-order valence-electron chi connectivity index (χ1n) is 8.77. The lowest BCUT2D eigenvalue weighted by Gasteiger charge is -2.03. The lowest BCUT2D eigenvalue weighted by Crippen LogP contribution is -1.99. The average molecular weight is 361 g/mol. The van der Waals surface area contributed by atoms with Crippen LogP contribution in [0.1, 0.15) is 0 Å². The number of aromatic amines is 1. The van der Waals surface area contributed by atoms with Gasteiger partial charge in [0.1, 0.15) is 5.75 Å². The van der Waals surface area contributed by atoms with Crippen molar-refractivity contribution in [3.63, 3.8) is 0 Å². The maximum Gasteiger partial charge on any atom is 0.162 e. The Morgan fingerprint density at radius 3 is 2.93 bits per heavy atom. The predicted octanol–water partition coefficient (Wildman–Crippen LogP) is 3.07. The van der Waals surface area contributed by atoms with E-state index in [1.54, 1.807) is 7.11 Å². The quantitative estimate of drug-likeness (QED) is 0.515. The lowest BCUT2D eigenvalue weighted by molar-refractivity contribution is 0.278. The van der Waals surface area contributed by atoms with Gasteiger partial charge in [0.25, 0.3) is 0 Å². The predicted molar refractivity (Wildman–Crippen MR) is 105 cm³/mol. The molecule has 0 bridgehead atoms. The summed E-state index contributed by atoms with van der Waals surface area (Å²) in [6.45, 7) is 0.603. The van der Waals surface area contributed by atoms with Gasteiger partial charge in [-0.2, -0.15) is 0 Å². The van der Waals surface area contributed by atoms with Crippen molar-refractivity contribution in [1.29, 1.82) is 0 Å². The van der Waals surface area contributed by atoms with Crippen LogP contribution in [-0.4, -0.2) is 43.1 Å². The second-order valence-corrected chi connectivity index (χ2v) is 6.62. The molecular weight excluding hydrogens is 342 g/mol. The van der Waals surface area contributed by atoms with Gasteiger partial charge in [0.15, 0.2) is 5.65 Å². The molecule has 136 valence electrons. The summed E-state index contributed by atoms with van der Waals surface area (Å²) in [4.78, 5) is 9.29. The van der Waals surface area contributed by atoms with Gasteiger partial charge in [-0.1, -0.05) is 0 Å². The zero-order chi connectivity index (χ0) is 18.5. The summed E-state index contributed by atoms with van der Waals surface area (Å²) in [5, 5.41) is 15.7. The maximum atomic E-state index is 9.42. The number of aryl methyl sites for hydroxylation is 1. The number of nitrogens with zero attached hydrogens (tertiary/aromatic N) is 4. The number of aliphatic hydroxyl groups is 1. The van der Waals surface area contributed by atoms with Gasteiger partial charge in [0.05, 0.1) is 24.9 Å². The number of hydrogen-bond donors (Lipinski definition) is 2. The smallest absolute Gasteiger partial charge is 0.162 e. The molecule has 0 fully saturated rings. The van der Waals surface area contributed by atoms with E-state index in [4.69, 9.17) is 9.72 Å². The van der Waals surface area contributed by atoms with Crippen molar-refractivity contribution < 1.29 is 9.84 Å². The topological polar surface area (TPSA) is 80.9 Å². The Bertz CT molecular complexity index is 1290. The van der Waals surface area contributed by atoms with E-state index in [1.165, 1.54) is 0 Å². The molecule has 1 aromatic carbocycles. The van der Waals surface area contributed by atoms with E-state index >= 15 is 0 Å². The fourth-order valence-electron chi connectivity index (χ4n) is 3.78. The van der Waals surface area contributed by atoms with Crippen LogP contribution in [0.15, 0.2) is 42.9 Å². The minimum Gasteiger partial charge on any atom is -0.497 e. The van der Waals surface area contributed by atoms with Gasteiger partial charge in [-0.25, -0.2) is 9.97 Å². The van der Waals surface area contributed by atoms with Gasteiger partial charge < -0.3 is 19.5 Å². The Morgan fingerprint density at radius 1 is 1.22 bits per heavy atom. The van der Waals surface area contributed by atoms with Crippen LogP contribution in [0, 0.1) is 0 Å². The van der Waals surface area contributed by atoms with Crippen molar-refractivity contribution >= 4 is 32.8 Å². The molecule has 0 saturated carbocycles. The Labute approximate surface area is 154 Å². The molecule has 0 aliphatic carbocycles. The van der Waals surface area contributed by atoms with Gasteiger partial charge in [-0.05, 0) is 24.3 Å². The van der Waals surface area contributed by atoms with E-state index < -0.39 is 0 Å². The largest absolute Gasteiger partial charge is 0.497 e. The highest BCUT2D eigenvalue weighted by atomic mass is 16.5. The summed E-state index contributed by atoms with van der Waals surface area (Å²) in [6, 6.07) is 8.03. The van der Waals surface area contributed by atoms with Crippen LogP contribution in [0.4, 0.5) is 0 Å². The minimum absolute atomic E-state index is 0.0764. The minimum atomic E-state index is 0.0764. The van der Waals surface area contributed by atoms with Crippen molar-refractivity contribution in [2.24, 2.45) is 7.05 Å². The van der Waals surface area contributed by atoms with E-state index in [9.17, 15) is 5.11 Å². The van der Waals surface area contributed by atoms with Crippen molar-refractivity contribution in [2.75, 3.05) is 13.7 Å². The van der Waals surface area contributed by atoms with Crippen LogP contribution >= 0.6 is 0 Å². The first kappa shape index (κ1) is 15.9. The number of H-pyrrole nitrogens is 1. The SMILES string of the molecule is COc1ccc2c(c1)c(-c1cc3c(ncc4c[nH]n(C)c43)n1)cn2CCO. The summed E-state index contributed by atoms with van der Waals surface area (Å²) in [5.41, 5.74) is 4.70. The van der Waals surface area contributed by atoms with Crippen LogP contribution in [0.2, 0.25) is 0 Å². The maximum absolute atomic E-state index is 9.42. The number of ether oxygens (including phenoxy) is 1. The van der Waals surface area contributed by atoms with Crippen LogP contribution in [0.25, 0.3) is 44.1 Å². The van der Waals surface area contributed by atoms with Gasteiger partial charge >= 0.3 is 0 Å². The normalized spacial score (nSPS) is 11.8. The second kappa shape index (κ2) is 5.85. The molecule has 0 amide bonds. The molecule has 7 nitrogen and oxygen atoms in total. The number of hydrogen-bond acceptors (Lipinski definition) is 4. The molecule has 27 heavy (non-hydrogen) atoms. The highest BCUT2D eigenvalue weighted by Crippen LogP contribution is 2.35. The Kier molecular flexibility index (Phi) is 3.45. The number of aromatic nitrogens is 5. The number of rotatable bonds is 4. The average Bonchev–Trinajstić information content (AvgIpc) is 3.36. The molecule has 2 N–H and O–H groups in total. The third kappa shape index (κ3) is 2.32. The molecule has 0 aliphatic heterocycles. The Morgan fingerprint density at radius 2 is 2.11 bits per heavy atom. The van der Waals surface area contributed by atoms with Crippen LogP contribution in [0.5, 0.6) is 5.75 Å². The fourth-order valence-corrected chi connectivity index (χ4v) is 3.78. The van der Waals surface area contributed by atoms with Gasteiger partial charge in [-0.15, -0.1) is 0 Å². The van der Waals surface area contributed by atoms with E-state index in [2.05, 4.69) is 16.1 Å². The molecule has 0 spiro atoms. The van der Waals surface area contributed by atoms with Crippen LogP contribution in [-0.2, 0) is 13.6 Å². The number of methoxy groups -OCH3 is 1. The van der Waals surface area contributed by atoms with E-state index in [0.29, 0.717) is 6.54 Å². The summed E-state index contributed by atoms with van der Waals surface area (Å²) in [5.74, 6) is 0.791. The van der Waals surface area contributed by atoms with Crippen LogP contribution in [0.3, 0.4) is 0 Å². The Balaban J connectivity index is 1.79. The number of fused-ring (bicyclic) bond motifs is 4. The monoisotopic (exact) mass is 361 g/mol. The molecule has 4 heterocycles. The summed E-state index contributed by atoms with van der Waals surface area (Å²) < 4.78 is 9.42. The number of aliphatic hydroxyl groups excluding tert-OH is 1. The number of benzene rings is 1. The third-order valence-electron chi connectivity index (χ3n) is 5.06. The van der Waals surface area contributed by atoms with E-state index in [0.717, 1.165) is 49.8 Å². The zero-order valence-electron chi connectivity index (χ0n) is 15.1. The molecule has 4 aromatic heterocycles. The fraction of sp³-hybridized carbons (Fsp3) is 0.200. The van der Waals surface area contributed by atoms with Gasteiger partial charge in [0, 0.05) is 59.4 Å². The third-order valence-corrected chi connectivity index (χ3v) is 5.06. The summed E-state index contributed by atoms with van der Waals surface area (Å²) >= 11 is 0. The van der Waals surface area contributed by atoms with Gasteiger partial charge in [-0.3, -0.25) is 4.68 Å². The molecule has 7 heteroatoms. The van der Waals surface area contributed by atoms with Crippen molar-refractivity contribution in [2.45, 2.75) is 6.54 Å². The molecule has 0 atom stereocenters. The molecule has 0 unspecified atom stereocenters. The van der Waals surface area contributed by atoms with E-state index in [-0.39, 0.29) is 6.61 Å². The van der Waals surface area contributed by atoms with Crippen molar-refractivity contribution in [1.82, 2.24) is 24.3 Å². The van der Waals surface area contributed by atoms with Crippen LogP contribution < -0.4 is 4.74 Å². The molecule has 5 aromatic rings. The molecule has 0 radical (unpaired) electrons. The summed E-state index contributed by atoms with van der Waals surface area (Å²) in [7, 11) is 3.64. The molecular formula is C20H19N5O2. The lowest BCUT2D eigenvalue weighted by atomic mass is 10.1. The first-order chi connectivity index (χ1) is 13.2. The standard InChI is InChI=1S/C20H19N5O2/c1-24-19-12(10-22-24)9-21-20-15(19)8-17(23-20)16-11-25(5-6-26)18-4-3-13(27-2)7-14(16)18/h3-4,7-11,22,26H,5-6H2,1-2H3. The molecule has 0 saturated heterocycles. The van der Waals surface area contributed by atoms with Crippen molar-refractivity contribution in [3.05, 3.63) is 42.9 Å². The molecule has 5 rings (SSSR count). The van der Waals surface area contributed by atoms with Crippen molar-refractivity contribution in [3.8, 4) is 17.0 Å². The summed E-state index contributed by atoms with van der Waals surface area (Å²) in [6.07, 6.45) is 5.81. The zero-order valence-corrected chi connectivity index (χ0v) is 15.1. The highest BCUT2D eigenvalue weighted by molar-refractivity contribution is 6.06. The highest BCUT2D eigenvalue weighted by Gasteiger charge is 2.16. The molecule has 0 aliphatic rings.